The highest BCUT2D eigenvalue weighted by molar-refractivity contribution is 5.76. The summed E-state index contributed by atoms with van der Waals surface area (Å²) in [5.41, 5.74) is 0. The van der Waals surface area contributed by atoms with E-state index in [9.17, 15) is 9.59 Å². The molecule has 0 saturated heterocycles. The van der Waals surface area contributed by atoms with Crippen LogP contribution in [-0.4, -0.2) is 37.1 Å². The van der Waals surface area contributed by atoms with Gasteiger partial charge in [-0.05, 0) is 19.9 Å². The first-order valence-electron chi connectivity index (χ1n) is 4.22. The molecule has 0 spiro atoms. The summed E-state index contributed by atoms with van der Waals surface area (Å²) in [7, 11) is 3.16. The van der Waals surface area contributed by atoms with Gasteiger partial charge in [0.15, 0.2) is 0 Å². The number of nitrogens with one attached hydrogen (secondary N) is 2. The van der Waals surface area contributed by atoms with E-state index in [0.29, 0.717) is 19.3 Å². The monoisotopic (exact) mass is 188 g/mol. The molecule has 0 aromatic rings. The lowest BCUT2D eigenvalue weighted by Crippen LogP contribution is -2.33. The molecule has 1 atom stereocenters. The van der Waals surface area contributed by atoms with Crippen LogP contribution in [0.15, 0.2) is 0 Å². The molecule has 0 bridgehead atoms. The van der Waals surface area contributed by atoms with Gasteiger partial charge >= 0.3 is 5.97 Å². The first kappa shape index (κ1) is 11.9. The third-order valence-electron chi connectivity index (χ3n) is 1.82. The summed E-state index contributed by atoms with van der Waals surface area (Å²) in [5.74, 6) is -0.931. The SMILES string of the molecule is CNC(=O)CCCC(NC)C(=O)O. The van der Waals surface area contributed by atoms with E-state index in [-0.39, 0.29) is 5.91 Å². The Bertz CT molecular complexity index is 182. The summed E-state index contributed by atoms with van der Waals surface area (Å²) in [5, 5.41) is 13.8. The van der Waals surface area contributed by atoms with Crippen molar-refractivity contribution in [2.45, 2.75) is 25.3 Å². The Labute approximate surface area is 77.5 Å². The van der Waals surface area contributed by atoms with Gasteiger partial charge < -0.3 is 15.7 Å². The first-order chi connectivity index (χ1) is 6.11. The van der Waals surface area contributed by atoms with Crippen LogP contribution in [0, 0.1) is 0 Å². The molecular weight excluding hydrogens is 172 g/mol. The summed E-state index contributed by atoms with van der Waals surface area (Å²) in [6.45, 7) is 0. The van der Waals surface area contributed by atoms with Crippen LogP contribution in [0.1, 0.15) is 19.3 Å². The number of rotatable bonds is 6. The van der Waals surface area contributed by atoms with Gasteiger partial charge in [0.05, 0.1) is 0 Å². The molecule has 0 radical (unpaired) electrons. The third kappa shape index (κ3) is 5.19. The van der Waals surface area contributed by atoms with E-state index in [1.54, 1.807) is 14.1 Å². The topological polar surface area (TPSA) is 78.4 Å². The van der Waals surface area contributed by atoms with Gasteiger partial charge in [-0.15, -0.1) is 0 Å². The molecule has 0 aliphatic heterocycles. The fraction of sp³-hybridized carbons (Fsp3) is 0.750. The highest BCUT2D eigenvalue weighted by atomic mass is 16.4. The lowest BCUT2D eigenvalue weighted by molar-refractivity contribution is -0.139. The van der Waals surface area contributed by atoms with Gasteiger partial charge in [-0.2, -0.15) is 0 Å². The van der Waals surface area contributed by atoms with Crippen molar-refractivity contribution in [2.24, 2.45) is 0 Å². The average molecular weight is 188 g/mol. The normalized spacial score (nSPS) is 12.2. The van der Waals surface area contributed by atoms with Crippen molar-refractivity contribution in [2.75, 3.05) is 14.1 Å². The molecule has 0 heterocycles. The molecule has 5 heteroatoms. The highest BCUT2D eigenvalue weighted by Gasteiger charge is 2.14. The first-order valence-corrected chi connectivity index (χ1v) is 4.22. The minimum atomic E-state index is -0.876. The fourth-order valence-corrected chi connectivity index (χ4v) is 0.983. The summed E-state index contributed by atoms with van der Waals surface area (Å²) in [6, 6.07) is -0.551. The zero-order chi connectivity index (χ0) is 10.3. The van der Waals surface area contributed by atoms with E-state index in [0.717, 1.165) is 0 Å². The maximum absolute atomic E-state index is 10.8. The second-order valence-electron chi connectivity index (χ2n) is 2.74. The average Bonchev–Trinajstić information content (AvgIpc) is 2.11. The zero-order valence-corrected chi connectivity index (χ0v) is 7.96. The Morgan fingerprint density at radius 2 is 2.00 bits per heavy atom. The van der Waals surface area contributed by atoms with Crippen LogP contribution < -0.4 is 10.6 Å². The largest absolute Gasteiger partial charge is 0.480 e. The van der Waals surface area contributed by atoms with Crippen LogP contribution in [0.2, 0.25) is 0 Å². The molecule has 0 aromatic carbocycles. The van der Waals surface area contributed by atoms with Crippen LogP contribution in [0.5, 0.6) is 0 Å². The second kappa shape index (κ2) is 6.42. The molecule has 13 heavy (non-hydrogen) atoms. The van der Waals surface area contributed by atoms with E-state index in [4.69, 9.17) is 5.11 Å². The number of amides is 1. The molecule has 0 aromatic heterocycles. The minimum absolute atomic E-state index is 0.0553. The van der Waals surface area contributed by atoms with E-state index in [1.165, 1.54) is 0 Å². The van der Waals surface area contributed by atoms with Crippen molar-refractivity contribution in [3.8, 4) is 0 Å². The van der Waals surface area contributed by atoms with Gasteiger partial charge in [-0.1, -0.05) is 0 Å². The van der Waals surface area contributed by atoms with Gasteiger partial charge in [-0.25, -0.2) is 0 Å². The minimum Gasteiger partial charge on any atom is -0.480 e. The fourth-order valence-electron chi connectivity index (χ4n) is 0.983. The number of carboxylic acids is 1. The molecule has 0 saturated carbocycles. The second-order valence-corrected chi connectivity index (χ2v) is 2.74. The predicted molar refractivity (Wildman–Crippen MR) is 48.4 cm³/mol. The Kier molecular flexibility index (Phi) is 5.88. The van der Waals surface area contributed by atoms with E-state index >= 15 is 0 Å². The highest BCUT2D eigenvalue weighted by Crippen LogP contribution is 2.00. The predicted octanol–water partition coefficient (Wildman–Crippen LogP) is -0.425. The maximum atomic E-state index is 10.8. The standard InChI is InChI=1S/C8H16N2O3/c1-9-6(8(12)13)4-3-5-7(11)10-2/h6,9H,3-5H2,1-2H3,(H,10,11)(H,12,13). The third-order valence-corrected chi connectivity index (χ3v) is 1.82. The molecule has 3 N–H and O–H groups in total. The quantitative estimate of drug-likeness (QED) is 0.529. The van der Waals surface area contributed by atoms with E-state index in [1.807, 2.05) is 0 Å². The van der Waals surface area contributed by atoms with Crippen molar-refractivity contribution < 1.29 is 14.7 Å². The lowest BCUT2D eigenvalue weighted by Gasteiger charge is -2.09. The van der Waals surface area contributed by atoms with Gasteiger partial charge in [0.2, 0.25) is 5.91 Å². The number of carbonyl (C=O) groups excluding carboxylic acids is 1. The lowest BCUT2D eigenvalue weighted by atomic mass is 10.1. The van der Waals surface area contributed by atoms with Crippen molar-refractivity contribution in [1.82, 2.24) is 10.6 Å². The molecule has 5 nitrogen and oxygen atoms in total. The smallest absolute Gasteiger partial charge is 0.320 e. The summed E-state index contributed by atoms with van der Waals surface area (Å²) >= 11 is 0. The summed E-state index contributed by atoms with van der Waals surface area (Å²) in [6.07, 6.45) is 1.43. The molecule has 1 amide bonds. The van der Waals surface area contributed by atoms with E-state index < -0.39 is 12.0 Å². The molecule has 0 fully saturated rings. The van der Waals surface area contributed by atoms with Gasteiger partial charge in [0.25, 0.3) is 0 Å². The van der Waals surface area contributed by atoms with Crippen molar-refractivity contribution in [3.63, 3.8) is 0 Å². The van der Waals surface area contributed by atoms with Gasteiger partial charge in [-0.3, -0.25) is 9.59 Å². The number of carboxylic acid groups (broad SMARTS) is 1. The number of aliphatic carboxylic acids is 1. The van der Waals surface area contributed by atoms with Crippen LogP contribution in [0.4, 0.5) is 0 Å². The van der Waals surface area contributed by atoms with Crippen LogP contribution >= 0.6 is 0 Å². The number of carbonyl (C=O) groups is 2. The van der Waals surface area contributed by atoms with E-state index in [2.05, 4.69) is 10.6 Å². The maximum Gasteiger partial charge on any atom is 0.320 e. The number of likely N-dealkylation sites (N-methyl/N-ethyl adjacent to an activating group) is 1. The Morgan fingerprint density at radius 1 is 1.38 bits per heavy atom. The molecule has 0 rings (SSSR count). The summed E-state index contributed by atoms with van der Waals surface area (Å²) in [4.78, 5) is 21.3. The van der Waals surface area contributed by atoms with Crippen LogP contribution in [-0.2, 0) is 9.59 Å². The van der Waals surface area contributed by atoms with Crippen molar-refractivity contribution in [3.05, 3.63) is 0 Å². The molecule has 1 unspecified atom stereocenters. The molecule has 0 aliphatic carbocycles. The van der Waals surface area contributed by atoms with Crippen LogP contribution in [0.3, 0.4) is 0 Å². The zero-order valence-electron chi connectivity index (χ0n) is 7.96. The molecule has 76 valence electrons. The summed E-state index contributed by atoms with van der Waals surface area (Å²) < 4.78 is 0. The Morgan fingerprint density at radius 3 is 2.38 bits per heavy atom. The van der Waals surface area contributed by atoms with Crippen molar-refractivity contribution in [1.29, 1.82) is 0 Å². The van der Waals surface area contributed by atoms with Gasteiger partial charge in [0, 0.05) is 13.5 Å². The van der Waals surface area contributed by atoms with Gasteiger partial charge in [0.1, 0.15) is 6.04 Å². The number of hydrogen-bond acceptors (Lipinski definition) is 3. The van der Waals surface area contributed by atoms with Crippen molar-refractivity contribution >= 4 is 11.9 Å². The molecular formula is C8H16N2O3. The number of hydrogen-bond donors (Lipinski definition) is 3. The Balaban J connectivity index is 3.61. The molecule has 0 aliphatic rings. The van der Waals surface area contributed by atoms with Crippen LogP contribution in [0.25, 0.3) is 0 Å². The Hall–Kier alpha value is -1.10.